The number of amides is 2. The van der Waals surface area contributed by atoms with Crippen LogP contribution in [0.25, 0.3) is 0 Å². The first kappa shape index (κ1) is 16.9. The number of carbonyl (C=O) groups excluding carboxylic acids is 2. The topological polar surface area (TPSA) is 83.6 Å². The van der Waals surface area contributed by atoms with Crippen molar-refractivity contribution in [1.82, 2.24) is 15.2 Å². The van der Waals surface area contributed by atoms with E-state index >= 15 is 0 Å². The van der Waals surface area contributed by atoms with E-state index in [4.69, 9.17) is 4.74 Å². The average Bonchev–Trinajstić information content (AvgIpc) is 3.15. The number of hydrogen-bond acceptors (Lipinski definition) is 5. The first-order chi connectivity index (χ1) is 11.7. The number of hydrogen-bond donors (Lipinski definition) is 2. The molecule has 3 rings (SSSR count). The van der Waals surface area contributed by atoms with Crippen molar-refractivity contribution in [1.29, 1.82) is 0 Å². The third kappa shape index (κ3) is 4.30. The molecule has 1 saturated heterocycles. The van der Waals surface area contributed by atoms with E-state index in [0.29, 0.717) is 24.9 Å². The maximum Gasteiger partial charge on any atom is 0.243 e. The van der Waals surface area contributed by atoms with Crippen molar-refractivity contribution in [3.8, 4) is 0 Å². The molecule has 2 aliphatic rings. The number of rotatable bonds is 5. The molecule has 0 unspecified atom stereocenters. The van der Waals surface area contributed by atoms with Gasteiger partial charge in [0.1, 0.15) is 6.04 Å². The average molecular weight is 332 g/mol. The van der Waals surface area contributed by atoms with Crippen LogP contribution in [-0.2, 0) is 14.3 Å². The molecule has 2 N–H and O–H groups in total. The van der Waals surface area contributed by atoms with E-state index in [2.05, 4.69) is 20.5 Å². The number of aromatic nitrogens is 1. The van der Waals surface area contributed by atoms with Crippen molar-refractivity contribution in [3.05, 3.63) is 24.5 Å². The van der Waals surface area contributed by atoms with E-state index in [1.807, 2.05) is 0 Å². The molecule has 1 aliphatic heterocycles. The van der Waals surface area contributed by atoms with Crippen molar-refractivity contribution in [2.75, 3.05) is 31.6 Å². The van der Waals surface area contributed by atoms with Gasteiger partial charge in [0.25, 0.3) is 0 Å². The summed E-state index contributed by atoms with van der Waals surface area (Å²) in [6, 6.07) is 3.67. The number of nitrogens with one attached hydrogen (secondary N) is 2. The quantitative estimate of drug-likeness (QED) is 0.832. The Kier molecular flexibility index (Phi) is 5.77. The van der Waals surface area contributed by atoms with Gasteiger partial charge in [-0.1, -0.05) is 12.8 Å². The predicted molar refractivity (Wildman–Crippen MR) is 89.4 cm³/mol. The van der Waals surface area contributed by atoms with Gasteiger partial charge < -0.3 is 15.4 Å². The van der Waals surface area contributed by atoms with E-state index in [1.165, 1.54) is 12.8 Å². The van der Waals surface area contributed by atoms with Crippen LogP contribution in [0.3, 0.4) is 0 Å². The van der Waals surface area contributed by atoms with E-state index in [9.17, 15) is 9.59 Å². The molecule has 24 heavy (non-hydrogen) atoms. The van der Waals surface area contributed by atoms with Crippen LogP contribution >= 0.6 is 0 Å². The molecule has 2 heterocycles. The van der Waals surface area contributed by atoms with E-state index in [0.717, 1.165) is 19.4 Å². The molecule has 0 spiro atoms. The summed E-state index contributed by atoms with van der Waals surface area (Å²) in [6.07, 6.45) is 7.94. The largest absolute Gasteiger partial charge is 0.378 e. The summed E-state index contributed by atoms with van der Waals surface area (Å²) in [5.74, 6) is -0.400. The number of pyridine rings is 1. The monoisotopic (exact) mass is 332 g/mol. The lowest BCUT2D eigenvalue weighted by molar-refractivity contribution is -0.135. The second kappa shape index (κ2) is 8.21. The highest BCUT2D eigenvalue weighted by molar-refractivity contribution is 5.95. The van der Waals surface area contributed by atoms with Crippen LogP contribution in [0, 0.1) is 0 Å². The zero-order valence-electron chi connectivity index (χ0n) is 13.7. The summed E-state index contributed by atoms with van der Waals surface area (Å²) in [5.41, 5.74) is 0.616. The Morgan fingerprint density at radius 1 is 1.33 bits per heavy atom. The fourth-order valence-electron chi connectivity index (χ4n) is 3.44. The smallest absolute Gasteiger partial charge is 0.243 e. The highest BCUT2D eigenvalue weighted by Crippen LogP contribution is 2.26. The van der Waals surface area contributed by atoms with Crippen LogP contribution in [0.1, 0.15) is 25.7 Å². The van der Waals surface area contributed by atoms with Gasteiger partial charge in [-0.2, -0.15) is 0 Å². The third-order valence-electron chi connectivity index (χ3n) is 4.63. The van der Waals surface area contributed by atoms with Crippen LogP contribution in [0.4, 0.5) is 5.69 Å². The Morgan fingerprint density at radius 2 is 2.17 bits per heavy atom. The Labute approximate surface area is 141 Å². The number of anilines is 1. The molecule has 1 aromatic rings. The van der Waals surface area contributed by atoms with Crippen LogP contribution in [0.2, 0.25) is 0 Å². The van der Waals surface area contributed by atoms with Crippen LogP contribution < -0.4 is 10.6 Å². The molecular weight excluding hydrogens is 308 g/mol. The molecule has 130 valence electrons. The fraction of sp³-hybridized carbons (Fsp3) is 0.588. The minimum absolute atomic E-state index is 0.0528. The summed E-state index contributed by atoms with van der Waals surface area (Å²) in [4.78, 5) is 30.6. The number of nitrogens with zero attached hydrogens (tertiary/aromatic N) is 2. The van der Waals surface area contributed by atoms with Gasteiger partial charge in [0.2, 0.25) is 11.8 Å². The summed E-state index contributed by atoms with van der Waals surface area (Å²) in [5, 5.41) is 5.44. The highest BCUT2D eigenvalue weighted by atomic mass is 16.5. The van der Waals surface area contributed by atoms with Crippen LogP contribution in [0.15, 0.2) is 24.5 Å². The number of morpholine rings is 1. The molecule has 1 saturated carbocycles. The molecule has 0 aromatic carbocycles. The predicted octanol–water partition coefficient (Wildman–Crippen LogP) is 0.780. The van der Waals surface area contributed by atoms with Gasteiger partial charge in [-0.05, 0) is 25.0 Å². The molecule has 0 bridgehead atoms. The van der Waals surface area contributed by atoms with Gasteiger partial charge in [-0.3, -0.25) is 19.5 Å². The molecule has 2 amide bonds. The Hall–Kier alpha value is -1.99. The molecule has 1 aliphatic carbocycles. The Morgan fingerprint density at radius 3 is 2.92 bits per heavy atom. The summed E-state index contributed by atoms with van der Waals surface area (Å²) >= 11 is 0. The molecule has 7 heteroatoms. The zero-order chi connectivity index (χ0) is 16.8. The lowest BCUT2D eigenvalue weighted by atomic mass is 10.1. The summed E-state index contributed by atoms with van der Waals surface area (Å²) in [7, 11) is 0. The van der Waals surface area contributed by atoms with E-state index in [-0.39, 0.29) is 24.4 Å². The van der Waals surface area contributed by atoms with Gasteiger partial charge in [0, 0.05) is 18.8 Å². The minimum Gasteiger partial charge on any atom is -0.378 e. The second-order valence-corrected chi connectivity index (χ2v) is 6.27. The van der Waals surface area contributed by atoms with Crippen molar-refractivity contribution in [2.24, 2.45) is 0 Å². The number of carbonyl (C=O) groups is 2. The van der Waals surface area contributed by atoms with Gasteiger partial charge >= 0.3 is 0 Å². The summed E-state index contributed by atoms with van der Waals surface area (Å²) < 4.78 is 5.48. The van der Waals surface area contributed by atoms with Crippen molar-refractivity contribution >= 4 is 17.5 Å². The standard InChI is InChI=1S/C17H24N4O3/c22-16(20-13-4-3-7-18-10-13)11-19-17(23)15-12-24-9-8-21(15)14-5-1-2-6-14/h3-4,7,10,14-15H,1-2,5-6,8-9,11-12H2,(H,19,23)(H,20,22)/t15-/m0/s1. The van der Waals surface area contributed by atoms with E-state index in [1.54, 1.807) is 24.5 Å². The van der Waals surface area contributed by atoms with Gasteiger partial charge in [0.05, 0.1) is 31.6 Å². The van der Waals surface area contributed by atoms with E-state index < -0.39 is 0 Å². The van der Waals surface area contributed by atoms with Crippen LogP contribution in [-0.4, -0.2) is 60.1 Å². The molecule has 2 fully saturated rings. The fourth-order valence-corrected chi connectivity index (χ4v) is 3.44. The SMILES string of the molecule is O=C(CNC(=O)[C@@H]1COCCN1C1CCCC1)Nc1cccnc1. The second-order valence-electron chi connectivity index (χ2n) is 6.27. The normalized spacial score (nSPS) is 22.2. The Bertz CT molecular complexity index is 560. The Balaban J connectivity index is 1.50. The lowest BCUT2D eigenvalue weighted by Gasteiger charge is -2.38. The lowest BCUT2D eigenvalue weighted by Crippen LogP contribution is -2.57. The molecule has 7 nitrogen and oxygen atoms in total. The highest BCUT2D eigenvalue weighted by Gasteiger charge is 2.35. The number of ether oxygens (including phenoxy) is 1. The van der Waals surface area contributed by atoms with Crippen LogP contribution in [0.5, 0.6) is 0 Å². The minimum atomic E-state index is -0.298. The van der Waals surface area contributed by atoms with Crippen molar-refractivity contribution in [3.63, 3.8) is 0 Å². The van der Waals surface area contributed by atoms with Gasteiger partial charge in [-0.15, -0.1) is 0 Å². The first-order valence-corrected chi connectivity index (χ1v) is 8.55. The van der Waals surface area contributed by atoms with Crippen molar-refractivity contribution in [2.45, 2.75) is 37.8 Å². The third-order valence-corrected chi connectivity index (χ3v) is 4.63. The molecule has 0 radical (unpaired) electrons. The summed E-state index contributed by atoms with van der Waals surface area (Å²) in [6.45, 7) is 1.79. The molecular formula is C17H24N4O3. The zero-order valence-corrected chi connectivity index (χ0v) is 13.7. The molecule has 1 aromatic heterocycles. The molecule has 1 atom stereocenters. The first-order valence-electron chi connectivity index (χ1n) is 8.55. The van der Waals surface area contributed by atoms with Crippen molar-refractivity contribution < 1.29 is 14.3 Å². The van der Waals surface area contributed by atoms with Gasteiger partial charge in [-0.25, -0.2) is 0 Å². The van der Waals surface area contributed by atoms with Gasteiger partial charge in [0.15, 0.2) is 0 Å². The maximum absolute atomic E-state index is 12.5. The maximum atomic E-state index is 12.5.